The molecule has 2 heterocycles. The number of nitrogens with one attached hydrogen (secondary N) is 2. The third-order valence-corrected chi connectivity index (χ3v) is 5.06. The molecule has 0 bridgehead atoms. The van der Waals surface area contributed by atoms with E-state index in [4.69, 9.17) is 5.73 Å². The predicted molar refractivity (Wildman–Crippen MR) is 114 cm³/mol. The van der Waals surface area contributed by atoms with Gasteiger partial charge in [0.2, 0.25) is 11.9 Å². The number of amides is 1. The third-order valence-electron chi connectivity index (χ3n) is 4.11. The number of benzene rings is 1. The third kappa shape index (κ3) is 5.38. The quantitative estimate of drug-likeness (QED) is 0.534. The van der Waals surface area contributed by atoms with Crippen LogP contribution >= 0.6 is 0 Å². The summed E-state index contributed by atoms with van der Waals surface area (Å²) >= 11 is 0. The first-order chi connectivity index (χ1) is 13.7. The highest BCUT2D eigenvalue weighted by molar-refractivity contribution is 7.90. The van der Waals surface area contributed by atoms with Crippen LogP contribution < -0.4 is 16.4 Å². The lowest BCUT2D eigenvalue weighted by molar-refractivity contribution is -0.115. The van der Waals surface area contributed by atoms with Crippen LogP contribution in [0, 0.1) is 0 Å². The first kappa shape index (κ1) is 20.5. The topological polar surface area (TPSA) is 140 Å². The van der Waals surface area contributed by atoms with Crippen molar-refractivity contribution in [3.63, 3.8) is 0 Å². The molecule has 9 nitrogen and oxygen atoms in total. The number of hydrogen-bond donors (Lipinski definition) is 3. The number of sulfone groups is 1. The van der Waals surface area contributed by atoms with Gasteiger partial charge in [0.05, 0.1) is 17.0 Å². The van der Waals surface area contributed by atoms with Crippen molar-refractivity contribution in [2.45, 2.75) is 13.3 Å². The smallest absolute Gasteiger partial charge is 0.224 e. The molecule has 0 aliphatic rings. The Balaban J connectivity index is 1.91. The van der Waals surface area contributed by atoms with Crippen molar-refractivity contribution >= 4 is 44.2 Å². The van der Waals surface area contributed by atoms with Crippen LogP contribution in [0.2, 0.25) is 0 Å². The first-order valence-corrected chi connectivity index (χ1v) is 11.1. The van der Waals surface area contributed by atoms with Crippen LogP contribution in [0.25, 0.3) is 22.3 Å². The molecule has 0 unspecified atom stereocenters. The van der Waals surface area contributed by atoms with E-state index in [0.717, 1.165) is 5.56 Å². The van der Waals surface area contributed by atoms with Gasteiger partial charge < -0.3 is 16.4 Å². The Kier molecular flexibility index (Phi) is 5.92. The standard InChI is InChI=1S/C19H22N6O3S/c1-3-16(26)22-13-6-4-12(5-7-13)14-8-9-15-17(23-14)18(25-19(20)24-15)21-10-11-29(2,27)28/h4-9H,3,10-11H2,1-2H3,(H,22,26)(H3,20,21,24,25). The van der Waals surface area contributed by atoms with Crippen molar-refractivity contribution in [2.75, 3.05) is 34.9 Å². The molecule has 0 saturated carbocycles. The number of nitrogen functional groups attached to an aromatic ring is 1. The van der Waals surface area contributed by atoms with Gasteiger partial charge in [-0.1, -0.05) is 19.1 Å². The predicted octanol–water partition coefficient (Wildman–Crippen LogP) is 2.08. The van der Waals surface area contributed by atoms with E-state index in [0.29, 0.717) is 34.7 Å². The van der Waals surface area contributed by atoms with Crippen molar-refractivity contribution in [2.24, 2.45) is 0 Å². The molecule has 2 aromatic heterocycles. The molecule has 0 spiro atoms. The normalized spacial score (nSPS) is 11.4. The van der Waals surface area contributed by atoms with Gasteiger partial charge in [-0.3, -0.25) is 4.79 Å². The number of anilines is 3. The highest BCUT2D eigenvalue weighted by atomic mass is 32.2. The summed E-state index contributed by atoms with van der Waals surface area (Å²) < 4.78 is 22.7. The van der Waals surface area contributed by atoms with Crippen LogP contribution in [0.5, 0.6) is 0 Å². The number of pyridine rings is 1. The van der Waals surface area contributed by atoms with E-state index in [2.05, 4.69) is 25.6 Å². The summed E-state index contributed by atoms with van der Waals surface area (Å²) in [7, 11) is -3.11. The molecule has 0 aliphatic carbocycles. The number of carbonyl (C=O) groups excluding carboxylic acids is 1. The molecule has 10 heteroatoms. The van der Waals surface area contributed by atoms with Gasteiger partial charge in [-0.05, 0) is 24.3 Å². The summed E-state index contributed by atoms with van der Waals surface area (Å²) in [6.45, 7) is 1.97. The van der Waals surface area contributed by atoms with Crippen molar-refractivity contribution in [3.8, 4) is 11.3 Å². The van der Waals surface area contributed by atoms with Crippen molar-refractivity contribution in [1.29, 1.82) is 0 Å². The maximum absolute atomic E-state index is 11.5. The molecular formula is C19H22N6O3S. The Morgan fingerprint density at radius 3 is 2.45 bits per heavy atom. The number of aromatic nitrogens is 3. The average Bonchev–Trinajstić information content (AvgIpc) is 2.67. The van der Waals surface area contributed by atoms with Crippen molar-refractivity contribution in [3.05, 3.63) is 36.4 Å². The minimum atomic E-state index is -3.11. The monoisotopic (exact) mass is 414 g/mol. The lowest BCUT2D eigenvalue weighted by atomic mass is 10.1. The molecule has 4 N–H and O–H groups in total. The van der Waals surface area contributed by atoms with Gasteiger partial charge in [0.15, 0.2) is 5.82 Å². The molecule has 0 fully saturated rings. The zero-order chi connectivity index (χ0) is 21.0. The van der Waals surface area contributed by atoms with Gasteiger partial charge in [0, 0.05) is 30.5 Å². The zero-order valence-corrected chi connectivity index (χ0v) is 17.0. The Labute approximate surface area is 168 Å². The molecule has 152 valence electrons. The summed E-state index contributed by atoms with van der Waals surface area (Å²) in [4.78, 5) is 24.5. The van der Waals surface area contributed by atoms with Gasteiger partial charge in [-0.2, -0.15) is 4.98 Å². The summed E-state index contributed by atoms with van der Waals surface area (Å²) in [5.41, 5.74) is 9.04. The number of carbonyl (C=O) groups is 1. The molecule has 0 aliphatic heterocycles. The summed E-state index contributed by atoms with van der Waals surface area (Å²) in [5.74, 6) is 0.360. The molecule has 1 aromatic carbocycles. The Hall–Kier alpha value is -3.27. The van der Waals surface area contributed by atoms with E-state index in [1.807, 2.05) is 18.2 Å². The fourth-order valence-electron chi connectivity index (χ4n) is 2.64. The van der Waals surface area contributed by atoms with Gasteiger partial charge in [0.25, 0.3) is 0 Å². The van der Waals surface area contributed by atoms with Crippen molar-refractivity contribution in [1.82, 2.24) is 15.0 Å². The SMILES string of the molecule is CCC(=O)Nc1ccc(-c2ccc3nc(N)nc(NCCS(C)(=O)=O)c3n2)cc1. The molecular weight excluding hydrogens is 392 g/mol. The second-order valence-corrected chi connectivity index (χ2v) is 8.79. The van der Waals surface area contributed by atoms with E-state index in [-0.39, 0.29) is 24.2 Å². The van der Waals surface area contributed by atoms with Crippen LogP contribution in [-0.4, -0.2) is 47.8 Å². The lowest BCUT2D eigenvalue weighted by Crippen LogP contribution is -2.15. The van der Waals surface area contributed by atoms with E-state index in [9.17, 15) is 13.2 Å². The van der Waals surface area contributed by atoms with Crippen molar-refractivity contribution < 1.29 is 13.2 Å². The number of fused-ring (bicyclic) bond motifs is 1. The summed E-state index contributed by atoms with van der Waals surface area (Å²) in [6, 6.07) is 10.9. The van der Waals surface area contributed by atoms with Gasteiger partial charge >= 0.3 is 0 Å². The van der Waals surface area contributed by atoms with Crippen LogP contribution in [0.4, 0.5) is 17.5 Å². The first-order valence-electron chi connectivity index (χ1n) is 9.01. The van der Waals surface area contributed by atoms with Crippen LogP contribution in [0.15, 0.2) is 36.4 Å². The highest BCUT2D eigenvalue weighted by Gasteiger charge is 2.11. The average molecular weight is 414 g/mol. The molecule has 3 aromatic rings. The fourth-order valence-corrected chi connectivity index (χ4v) is 3.12. The summed E-state index contributed by atoms with van der Waals surface area (Å²) in [6.07, 6.45) is 1.58. The second kappa shape index (κ2) is 8.39. The van der Waals surface area contributed by atoms with Gasteiger partial charge in [-0.15, -0.1) is 0 Å². The highest BCUT2D eigenvalue weighted by Crippen LogP contribution is 2.25. The maximum atomic E-state index is 11.5. The van der Waals surface area contributed by atoms with E-state index >= 15 is 0 Å². The number of rotatable bonds is 7. The molecule has 3 rings (SSSR count). The fraction of sp³-hybridized carbons (Fsp3) is 0.263. The largest absolute Gasteiger partial charge is 0.368 e. The molecule has 29 heavy (non-hydrogen) atoms. The van der Waals surface area contributed by atoms with Crippen LogP contribution in [-0.2, 0) is 14.6 Å². The Morgan fingerprint density at radius 1 is 1.07 bits per heavy atom. The van der Waals surface area contributed by atoms with E-state index < -0.39 is 9.84 Å². The minimum absolute atomic E-state index is 0.0387. The molecule has 0 atom stereocenters. The number of nitrogens with zero attached hydrogens (tertiary/aromatic N) is 3. The van der Waals surface area contributed by atoms with E-state index in [1.54, 1.807) is 25.1 Å². The maximum Gasteiger partial charge on any atom is 0.224 e. The second-order valence-electron chi connectivity index (χ2n) is 6.53. The molecule has 1 amide bonds. The number of nitrogens with two attached hydrogens (primary N) is 1. The zero-order valence-electron chi connectivity index (χ0n) is 16.1. The Morgan fingerprint density at radius 2 is 1.79 bits per heavy atom. The molecule has 0 radical (unpaired) electrons. The minimum Gasteiger partial charge on any atom is -0.368 e. The lowest BCUT2D eigenvalue weighted by Gasteiger charge is -2.10. The van der Waals surface area contributed by atoms with Gasteiger partial charge in [0.1, 0.15) is 15.4 Å². The molecule has 0 saturated heterocycles. The Bertz CT molecular complexity index is 1150. The van der Waals surface area contributed by atoms with Crippen LogP contribution in [0.1, 0.15) is 13.3 Å². The summed E-state index contributed by atoms with van der Waals surface area (Å²) in [5, 5.41) is 5.78. The van der Waals surface area contributed by atoms with Crippen LogP contribution in [0.3, 0.4) is 0 Å². The number of hydrogen-bond acceptors (Lipinski definition) is 8. The van der Waals surface area contributed by atoms with Gasteiger partial charge in [-0.25, -0.2) is 18.4 Å². The van der Waals surface area contributed by atoms with E-state index in [1.165, 1.54) is 6.26 Å².